The van der Waals surface area contributed by atoms with Gasteiger partial charge in [0.05, 0.1) is 22.6 Å². The van der Waals surface area contributed by atoms with Crippen molar-refractivity contribution in [3.63, 3.8) is 0 Å². The van der Waals surface area contributed by atoms with Crippen molar-refractivity contribution in [3.8, 4) is 33.9 Å². The van der Waals surface area contributed by atoms with E-state index in [4.69, 9.17) is 10.7 Å². The summed E-state index contributed by atoms with van der Waals surface area (Å²) < 4.78 is 14.7. The second kappa shape index (κ2) is 9.24. The van der Waals surface area contributed by atoms with Gasteiger partial charge in [-0.1, -0.05) is 18.2 Å². The summed E-state index contributed by atoms with van der Waals surface area (Å²) in [6, 6.07) is 22.4. The number of rotatable bonds is 6. The van der Waals surface area contributed by atoms with Crippen LogP contribution in [0.3, 0.4) is 0 Å². The van der Waals surface area contributed by atoms with Gasteiger partial charge in [0.25, 0.3) is 0 Å². The van der Waals surface area contributed by atoms with Crippen LogP contribution in [-0.4, -0.2) is 50.7 Å². The second-order valence-electron chi connectivity index (χ2n) is 9.47. The quantitative estimate of drug-likeness (QED) is 0.284. The first-order valence-electron chi connectivity index (χ1n) is 12.1. The Morgan fingerprint density at radius 2 is 1.84 bits per heavy atom. The molecule has 8 heteroatoms. The average Bonchev–Trinajstić information content (AvgIpc) is 3.52. The number of hydrogen-bond acceptors (Lipinski definition) is 5. The Kier molecular flexibility index (Phi) is 5.75. The maximum absolute atomic E-state index is 14.7. The zero-order valence-corrected chi connectivity index (χ0v) is 20.5. The molecular weight excluding hydrogens is 465 g/mol. The molecule has 6 rings (SSSR count). The Hall–Kier alpha value is -4.40. The van der Waals surface area contributed by atoms with E-state index in [9.17, 15) is 4.39 Å². The molecular formula is C29H26FN7. The average molecular weight is 492 g/mol. The minimum absolute atomic E-state index is 0.291. The molecule has 2 aromatic carbocycles. The normalized spacial score (nSPS) is 12.6. The monoisotopic (exact) mass is 491 g/mol. The Bertz CT molecular complexity index is 1720. The molecule has 4 N–H and O–H groups in total. The van der Waals surface area contributed by atoms with Gasteiger partial charge in [-0.15, -0.1) is 0 Å². The van der Waals surface area contributed by atoms with Gasteiger partial charge in [-0.3, -0.25) is 10.1 Å². The largest absolute Gasteiger partial charge is 0.353 e. The molecule has 0 aliphatic heterocycles. The number of halogens is 1. The third-order valence-corrected chi connectivity index (χ3v) is 6.48. The van der Waals surface area contributed by atoms with Gasteiger partial charge < -0.3 is 15.6 Å². The fourth-order valence-corrected chi connectivity index (χ4v) is 4.76. The van der Waals surface area contributed by atoms with Crippen LogP contribution >= 0.6 is 0 Å². The molecule has 0 radical (unpaired) electrons. The fourth-order valence-electron chi connectivity index (χ4n) is 4.76. The third-order valence-electron chi connectivity index (χ3n) is 6.48. The van der Waals surface area contributed by atoms with E-state index in [1.165, 1.54) is 6.07 Å². The molecule has 0 aliphatic carbocycles. The molecule has 7 nitrogen and oxygen atoms in total. The maximum Gasteiger partial charge on any atom is 0.135 e. The van der Waals surface area contributed by atoms with Gasteiger partial charge in [-0.2, -0.15) is 5.10 Å². The number of hydrogen-bond donors (Lipinski definition) is 3. The van der Waals surface area contributed by atoms with Crippen molar-refractivity contribution in [1.82, 2.24) is 30.0 Å². The molecule has 0 spiro atoms. The number of pyridine rings is 2. The summed E-state index contributed by atoms with van der Waals surface area (Å²) in [7, 11) is 3.91. The van der Waals surface area contributed by atoms with Crippen LogP contribution in [0.25, 0.3) is 55.8 Å². The van der Waals surface area contributed by atoms with E-state index in [0.717, 1.165) is 55.7 Å². The van der Waals surface area contributed by atoms with Crippen molar-refractivity contribution in [2.45, 2.75) is 6.04 Å². The summed E-state index contributed by atoms with van der Waals surface area (Å²) in [5, 5.41) is 8.60. The predicted octanol–water partition coefficient (Wildman–Crippen LogP) is 5.54. The first-order valence-corrected chi connectivity index (χ1v) is 12.1. The van der Waals surface area contributed by atoms with Crippen LogP contribution < -0.4 is 5.73 Å². The first kappa shape index (κ1) is 23.0. The highest BCUT2D eigenvalue weighted by Gasteiger charge is 2.17. The number of nitrogens with zero attached hydrogens (tertiary/aromatic N) is 4. The minimum Gasteiger partial charge on any atom is -0.353 e. The van der Waals surface area contributed by atoms with E-state index in [2.05, 4.69) is 20.2 Å². The lowest BCUT2D eigenvalue weighted by Crippen LogP contribution is -2.26. The molecule has 0 fully saturated rings. The van der Waals surface area contributed by atoms with Crippen LogP contribution in [0, 0.1) is 5.82 Å². The van der Waals surface area contributed by atoms with E-state index in [0.29, 0.717) is 12.2 Å². The van der Waals surface area contributed by atoms with E-state index >= 15 is 0 Å². The topological polar surface area (TPSA) is 99.5 Å². The Morgan fingerprint density at radius 1 is 0.946 bits per heavy atom. The van der Waals surface area contributed by atoms with Crippen molar-refractivity contribution in [2.75, 3.05) is 20.6 Å². The predicted molar refractivity (Wildman–Crippen MR) is 145 cm³/mol. The number of likely N-dealkylation sites (N-methyl/N-ethyl adjacent to an activating group) is 1. The molecule has 1 unspecified atom stereocenters. The van der Waals surface area contributed by atoms with Crippen molar-refractivity contribution in [3.05, 3.63) is 90.4 Å². The fraction of sp³-hybridized carbons (Fsp3) is 0.138. The van der Waals surface area contributed by atoms with Crippen LogP contribution in [0.1, 0.15) is 11.6 Å². The first-order chi connectivity index (χ1) is 18.0. The molecule has 37 heavy (non-hydrogen) atoms. The molecule has 0 aliphatic rings. The third kappa shape index (κ3) is 4.37. The van der Waals surface area contributed by atoms with Gasteiger partial charge >= 0.3 is 0 Å². The molecule has 4 aromatic heterocycles. The molecule has 184 valence electrons. The lowest BCUT2D eigenvalue weighted by Gasteiger charge is -2.18. The smallest absolute Gasteiger partial charge is 0.135 e. The summed E-state index contributed by atoms with van der Waals surface area (Å²) in [4.78, 5) is 14.7. The molecule has 0 saturated carbocycles. The highest BCUT2D eigenvalue weighted by atomic mass is 19.1. The highest BCUT2D eigenvalue weighted by molar-refractivity contribution is 6.00. The Morgan fingerprint density at radius 3 is 2.65 bits per heavy atom. The van der Waals surface area contributed by atoms with Gasteiger partial charge in [0.15, 0.2) is 0 Å². The Labute approximate surface area is 213 Å². The molecule has 0 saturated heterocycles. The van der Waals surface area contributed by atoms with Crippen LogP contribution in [0.5, 0.6) is 0 Å². The van der Waals surface area contributed by atoms with Gasteiger partial charge in [0.1, 0.15) is 17.0 Å². The van der Waals surface area contributed by atoms with E-state index in [-0.39, 0.29) is 11.9 Å². The van der Waals surface area contributed by atoms with E-state index in [1.54, 1.807) is 12.3 Å². The summed E-state index contributed by atoms with van der Waals surface area (Å²) in [5.41, 5.74) is 14.4. The van der Waals surface area contributed by atoms with E-state index < -0.39 is 0 Å². The van der Waals surface area contributed by atoms with Crippen molar-refractivity contribution < 1.29 is 4.39 Å². The number of aromatic nitrogens is 5. The molecule has 4 heterocycles. The summed E-state index contributed by atoms with van der Waals surface area (Å²) >= 11 is 0. The van der Waals surface area contributed by atoms with Gasteiger partial charge in [0.2, 0.25) is 0 Å². The minimum atomic E-state index is -0.306. The van der Waals surface area contributed by atoms with Gasteiger partial charge in [0, 0.05) is 29.7 Å². The molecule has 0 bridgehead atoms. The summed E-state index contributed by atoms with van der Waals surface area (Å²) in [5.74, 6) is -0.306. The molecule has 1 atom stereocenters. The maximum atomic E-state index is 14.7. The Balaban J connectivity index is 1.45. The SMILES string of the molecule is CN(C)CC(N)c1cc(F)cc(-c2cccc3[nH]c(-c4n[nH]c5ccc(-c6ccccn6)nc45)cc23)c1. The number of benzene rings is 2. The second-order valence-corrected chi connectivity index (χ2v) is 9.47. The lowest BCUT2D eigenvalue weighted by molar-refractivity contribution is 0.376. The number of nitrogens with two attached hydrogens (primary N) is 1. The molecule has 0 amide bonds. The van der Waals surface area contributed by atoms with E-state index in [1.807, 2.05) is 79.7 Å². The molecule has 6 aromatic rings. The lowest BCUT2D eigenvalue weighted by atomic mass is 9.97. The zero-order valence-electron chi connectivity index (χ0n) is 20.5. The number of H-pyrrole nitrogens is 2. The van der Waals surface area contributed by atoms with Gasteiger partial charge in [-0.25, -0.2) is 9.37 Å². The van der Waals surface area contributed by atoms with Crippen LogP contribution in [0.2, 0.25) is 0 Å². The van der Waals surface area contributed by atoms with Gasteiger partial charge in [-0.05, 0) is 85.4 Å². The van der Waals surface area contributed by atoms with Crippen LogP contribution in [0.4, 0.5) is 4.39 Å². The summed E-state index contributed by atoms with van der Waals surface area (Å²) in [6.45, 7) is 0.626. The van der Waals surface area contributed by atoms with Crippen molar-refractivity contribution >= 4 is 21.9 Å². The van der Waals surface area contributed by atoms with Crippen molar-refractivity contribution in [2.24, 2.45) is 5.73 Å². The number of nitrogens with one attached hydrogen (secondary N) is 2. The number of fused-ring (bicyclic) bond motifs is 2. The van der Waals surface area contributed by atoms with Crippen LogP contribution in [0.15, 0.2) is 79.0 Å². The summed E-state index contributed by atoms with van der Waals surface area (Å²) in [6.07, 6.45) is 1.75. The number of aromatic amines is 2. The standard InChI is InChI=1S/C29H26FN7/c1-37(2)16-22(31)18-12-17(13-19(30)14-18)20-6-5-8-23-21(20)15-27(33-23)29-28-26(35-36-29)10-9-25(34-28)24-7-3-4-11-32-24/h3-15,22,33H,16,31H2,1-2H3,(H,35,36). The van der Waals surface area contributed by atoms with Crippen molar-refractivity contribution in [1.29, 1.82) is 0 Å². The zero-order chi connectivity index (χ0) is 25.5. The van der Waals surface area contributed by atoms with Crippen LogP contribution in [-0.2, 0) is 0 Å². The highest BCUT2D eigenvalue weighted by Crippen LogP contribution is 2.35.